The zero-order valence-corrected chi connectivity index (χ0v) is 21.1. The second-order valence-corrected chi connectivity index (χ2v) is 7.63. The van der Waals surface area contributed by atoms with Gasteiger partial charge in [-0.25, -0.2) is 0 Å². The standard InChI is InChI=1S/C24H34N4O2.HI/c1-19-7-8-23(29-3)22(15-19)9-10-26-24(25-2)27-17-20-5-4-6-21(16-20)18-28-11-13-30-14-12-28;/h4-8,15-16H,9-14,17-18H2,1-3H3,(H2,25,26,27);1H. The molecule has 0 unspecified atom stereocenters. The van der Waals surface area contributed by atoms with Crippen LogP contribution in [0.15, 0.2) is 47.5 Å². The van der Waals surface area contributed by atoms with Crippen molar-refractivity contribution >= 4 is 29.9 Å². The van der Waals surface area contributed by atoms with Crippen LogP contribution in [0.25, 0.3) is 0 Å². The topological polar surface area (TPSA) is 58.1 Å². The molecular formula is C24H35IN4O2. The van der Waals surface area contributed by atoms with E-state index in [1.165, 1.54) is 22.3 Å². The van der Waals surface area contributed by atoms with E-state index in [9.17, 15) is 0 Å². The van der Waals surface area contributed by atoms with Gasteiger partial charge in [0.05, 0.1) is 20.3 Å². The van der Waals surface area contributed by atoms with Gasteiger partial charge in [0.15, 0.2) is 5.96 Å². The van der Waals surface area contributed by atoms with Crippen LogP contribution in [-0.2, 0) is 24.2 Å². The van der Waals surface area contributed by atoms with Gasteiger partial charge in [-0.3, -0.25) is 9.89 Å². The molecule has 0 amide bonds. The Morgan fingerprint density at radius 2 is 1.87 bits per heavy atom. The monoisotopic (exact) mass is 538 g/mol. The Morgan fingerprint density at radius 3 is 2.61 bits per heavy atom. The molecule has 2 N–H and O–H groups in total. The molecule has 1 heterocycles. The highest BCUT2D eigenvalue weighted by atomic mass is 127. The minimum Gasteiger partial charge on any atom is -0.496 e. The quantitative estimate of drug-likeness (QED) is 0.307. The summed E-state index contributed by atoms with van der Waals surface area (Å²) in [6.07, 6.45) is 0.876. The molecule has 2 aromatic carbocycles. The number of guanidine groups is 1. The molecule has 0 aliphatic carbocycles. The van der Waals surface area contributed by atoms with Crippen LogP contribution < -0.4 is 15.4 Å². The Hall–Kier alpha value is -1.84. The van der Waals surface area contributed by atoms with Gasteiger partial charge in [0.25, 0.3) is 0 Å². The van der Waals surface area contributed by atoms with Crippen molar-refractivity contribution in [2.24, 2.45) is 4.99 Å². The van der Waals surface area contributed by atoms with E-state index >= 15 is 0 Å². The zero-order chi connectivity index (χ0) is 21.2. The summed E-state index contributed by atoms with van der Waals surface area (Å²) in [5.74, 6) is 1.74. The van der Waals surface area contributed by atoms with Crippen molar-refractivity contribution in [1.29, 1.82) is 0 Å². The average Bonchev–Trinajstić information content (AvgIpc) is 2.77. The van der Waals surface area contributed by atoms with E-state index in [0.29, 0.717) is 0 Å². The minimum absolute atomic E-state index is 0. The molecule has 0 spiro atoms. The third-order valence-corrected chi connectivity index (χ3v) is 5.31. The number of halogens is 1. The van der Waals surface area contributed by atoms with Crippen LogP contribution in [0.4, 0.5) is 0 Å². The van der Waals surface area contributed by atoms with E-state index in [1.807, 2.05) is 6.07 Å². The summed E-state index contributed by atoms with van der Waals surface area (Å²) in [5, 5.41) is 6.82. The molecule has 6 nitrogen and oxygen atoms in total. The lowest BCUT2D eigenvalue weighted by Gasteiger charge is -2.26. The number of hydrogen-bond donors (Lipinski definition) is 2. The minimum atomic E-state index is 0. The third kappa shape index (κ3) is 8.31. The number of morpholine rings is 1. The van der Waals surface area contributed by atoms with Crippen LogP contribution >= 0.6 is 24.0 Å². The maximum atomic E-state index is 5.47. The van der Waals surface area contributed by atoms with Crippen LogP contribution in [0.2, 0.25) is 0 Å². The van der Waals surface area contributed by atoms with Crippen molar-refractivity contribution in [3.8, 4) is 5.75 Å². The normalized spacial score (nSPS) is 14.6. The maximum Gasteiger partial charge on any atom is 0.191 e. The summed E-state index contributed by atoms with van der Waals surface area (Å²) in [6.45, 7) is 8.28. The number of aliphatic imine (C=N–C) groups is 1. The van der Waals surface area contributed by atoms with E-state index in [0.717, 1.165) is 64.1 Å². The van der Waals surface area contributed by atoms with Gasteiger partial charge < -0.3 is 20.1 Å². The number of rotatable bonds is 8. The molecule has 1 aliphatic heterocycles. The Morgan fingerprint density at radius 1 is 1.10 bits per heavy atom. The number of aryl methyl sites for hydroxylation is 1. The molecule has 1 saturated heterocycles. The summed E-state index contributed by atoms with van der Waals surface area (Å²) in [7, 11) is 3.52. The second kappa shape index (κ2) is 13.5. The van der Waals surface area contributed by atoms with Crippen LogP contribution in [0, 0.1) is 6.92 Å². The molecule has 170 valence electrons. The van der Waals surface area contributed by atoms with E-state index in [-0.39, 0.29) is 24.0 Å². The van der Waals surface area contributed by atoms with Crippen molar-refractivity contribution in [2.45, 2.75) is 26.4 Å². The van der Waals surface area contributed by atoms with Crippen molar-refractivity contribution in [1.82, 2.24) is 15.5 Å². The Labute approximate surface area is 203 Å². The number of nitrogens with zero attached hydrogens (tertiary/aromatic N) is 2. The van der Waals surface area contributed by atoms with Crippen molar-refractivity contribution in [2.75, 3.05) is 47.0 Å². The average molecular weight is 538 g/mol. The van der Waals surface area contributed by atoms with Gasteiger partial charge in [0, 0.05) is 39.8 Å². The van der Waals surface area contributed by atoms with Gasteiger partial charge in [-0.1, -0.05) is 42.0 Å². The predicted octanol–water partition coefficient (Wildman–Crippen LogP) is 3.36. The van der Waals surface area contributed by atoms with E-state index < -0.39 is 0 Å². The van der Waals surface area contributed by atoms with Gasteiger partial charge >= 0.3 is 0 Å². The molecule has 31 heavy (non-hydrogen) atoms. The van der Waals surface area contributed by atoms with Crippen LogP contribution in [0.1, 0.15) is 22.3 Å². The van der Waals surface area contributed by atoms with Crippen molar-refractivity contribution < 1.29 is 9.47 Å². The number of benzene rings is 2. The lowest BCUT2D eigenvalue weighted by Crippen LogP contribution is -2.38. The summed E-state index contributed by atoms with van der Waals surface area (Å²) in [4.78, 5) is 6.79. The first-order valence-electron chi connectivity index (χ1n) is 10.6. The summed E-state index contributed by atoms with van der Waals surface area (Å²) in [5.41, 5.74) is 5.04. The lowest BCUT2D eigenvalue weighted by molar-refractivity contribution is 0.0342. The summed E-state index contributed by atoms with van der Waals surface area (Å²) < 4.78 is 10.9. The maximum absolute atomic E-state index is 5.47. The van der Waals surface area contributed by atoms with Gasteiger partial charge in [0.1, 0.15) is 5.75 Å². The highest BCUT2D eigenvalue weighted by Gasteiger charge is 2.11. The molecule has 0 bridgehead atoms. The van der Waals surface area contributed by atoms with Gasteiger partial charge in [-0.05, 0) is 36.1 Å². The van der Waals surface area contributed by atoms with Crippen LogP contribution in [-0.4, -0.2) is 57.9 Å². The highest BCUT2D eigenvalue weighted by molar-refractivity contribution is 14.0. The number of hydrogen-bond acceptors (Lipinski definition) is 4. The molecule has 0 aromatic heterocycles. The van der Waals surface area contributed by atoms with Gasteiger partial charge in [-0.2, -0.15) is 0 Å². The van der Waals surface area contributed by atoms with E-state index in [1.54, 1.807) is 14.2 Å². The first kappa shape index (κ1) is 25.4. The SMILES string of the molecule is CN=C(NCCc1cc(C)ccc1OC)NCc1cccc(CN2CCOCC2)c1.I. The molecule has 2 aromatic rings. The van der Waals surface area contributed by atoms with Crippen LogP contribution in [0.5, 0.6) is 5.75 Å². The molecule has 0 saturated carbocycles. The Kier molecular flexibility index (Phi) is 11.1. The zero-order valence-electron chi connectivity index (χ0n) is 18.8. The van der Waals surface area contributed by atoms with Crippen LogP contribution in [0.3, 0.4) is 0 Å². The molecule has 3 rings (SSSR count). The molecule has 1 fully saturated rings. The summed E-state index contributed by atoms with van der Waals surface area (Å²) >= 11 is 0. The van der Waals surface area contributed by atoms with Crippen molar-refractivity contribution in [3.05, 3.63) is 64.7 Å². The number of nitrogens with one attached hydrogen (secondary N) is 2. The molecule has 0 atom stereocenters. The Balaban J connectivity index is 0.00000341. The second-order valence-electron chi connectivity index (χ2n) is 7.63. The fourth-order valence-electron chi connectivity index (χ4n) is 3.68. The number of ether oxygens (including phenoxy) is 2. The van der Waals surface area contributed by atoms with E-state index in [2.05, 4.69) is 63.8 Å². The van der Waals surface area contributed by atoms with Gasteiger partial charge in [0.2, 0.25) is 0 Å². The third-order valence-electron chi connectivity index (χ3n) is 5.31. The fourth-order valence-corrected chi connectivity index (χ4v) is 3.68. The smallest absolute Gasteiger partial charge is 0.191 e. The first-order chi connectivity index (χ1) is 14.7. The first-order valence-corrected chi connectivity index (χ1v) is 10.6. The fraction of sp³-hybridized carbons (Fsp3) is 0.458. The molecule has 1 aliphatic rings. The van der Waals surface area contributed by atoms with Crippen molar-refractivity contribution in [3.63, 3.8) is 0 Å². The van der Waals surface area contributed by atoms with E-state index in [4.69, 9.17) is 9.47 Å². The Bertz CT molecular complexity index is 838. The van der Waals surface area contributed by atoms with Gasteiger partial charge in [-0.15, -0.1) is 24.0 Å². The molecule has 7 heteroatoms. The molecular weight excluding hydrogens is 503 g/mol. The summed E-state index contributed by atoms with van der Waals surface area (Å²) in [6, 6.07) is 15.0. The predicted molar refractivity (Wildman–Crippen MR) is 138 cm³/mol. The molecule has 0 radical (unpaired) electrons. The largest absolute Gasteiger partial charge is 0.496 e. The number of methoxy groups -OCH3 is 1. The highest BCUT2D eigenvalue weighted by Crippen LogP contribution is 2.19. The lowest BCUT2D eigenvalue weighted by atomic mass is 10.1.